The molecule has 0 fully saturated rings. The van der Waals surface area contributed by atoms with Crippen LogP contribution in [-0.4, -0.2) is 26.3 Å². The fourth-order valence-electron chi connectivity index (χ4n) is 1.98. The van der Waals surface area contributed by atoms with Gasteiger partial charge in [-0.05, 0) is 48.2 Å². The van der Waals surface area contributed by atoms with E-state index in [1.54, 1.807) is 6.26 Å². The van der Waals surface area contributed by atoms with Crippen molar-refractivity contribution < 1.29 is 43.7 Å². The van der Waals surface area contributed by atoms with Crippen molar-refractivity contribution in [2.75, 3.05) is 6.26 Å². The number of hydrogen-bond donors (Lipinski definition) is 0. The lowest BCUT2D eigenvalue weighted by molar-refractivity contribution is -0.236. The maximum atomic E-state index is 14.6. The molecule has 0 N–H and O–H groups in total. The van der Waals surface area contributed by atoms with Crippen molar-refractivity contribution in [3.8, 4) is 5.75 Å². The highest BCUT2D eigenvalue weighted by Crippen LogP contribution is 2.40. The molecule has 0 radical (unpaired) electrons. The largest absolute Gasteiger partial charge is 0.523 e. The Balaban J connectivity index is 2.41. The van der Waals surface area contributed by atoms with Crippen molar-refractivity contribution in [3.63, 3.8) is 0 Å². The summed E-state index contributed by atoms with van der Waals surface area (Å²) in [4.78, 5) is 0.696. The predicted molar refractivity (Wildman–Crippen MR) is 89.0 cm³/mol. The monoisotopic (exact) mass is 446 g/mol. The third kappa shape index (κ3) is 5.32. The zero-order valence-electron chi connectivity index (χ0n) is 13.9. The number of hydrogen-bond acceptors (Lipinski definition) is 5. The molecule has 4 nitrogen and oxygen atoms in total. The van der Waals surface area contributed by atoms with Crippen molar-refractivity contribution in [3.05, 3.63) is 59.9 Å². The molecule has 0 aliphatic heterocycles. The van der Waals surface area contributed by atoms with Gasteiger partial charge in [0.1, 0.15) is 11.6 Å². The van der Waals surface area contributed by atoms with Crippen LogP contribution in [0.1, 0.15) is 11.7 Å². The molecule has 0 spiro atoms. The van der Waals surface area contributed by atoms with Gasteiger partial charge in [0.2, 0.25) is 6.10 Å². The number of halogens is 6. The van der Waals surface area contributed by atoms with Crippen LogP contribution in [0.4, 0.5) is 26.3 Å². The van der Waals surface area contributed by atoms with Crippen molar-refractivity contribution in [2.24, 2.45) is 0 Å². The number of ether oxygens (including phenoxy) is 1. The molecule has 0 aliphatic rings. The van der Waals surface area contributed by atoms with E-state index >= 15 is 0 Å². The first kappa shape index (κ1) is 22.4. The molecule has 0 saturated carbocycles. The van der Waals surface area contributed by atoms with Crippen molar-refractivity contribution in [1.29, 1.82) is 0 Å². The number of rotatable bonds is 7. The van der Waals surface area contributed by atoms with Crippen molar-refractivity contribution >= 4 is 21.9 Å². The van der Waals surface area contributed by atoms with Crippen LogP contribution in [0.5, 0.6) is 5.75 Å². The average molecular weight is 446 g/mol. The Kier molecular flexibility index (Phi) is 6.56. The third-order valence-electron chi connectivity index (χ3n) is 3.30. The smallest absolute Gasteiger partial charge is 0.430 e. The molecule has 0 amide bonds. The Bertz CT molecular complexity index is 896. The molecule has 2 aromatic rings. The van der Waals surface area contributed by atoms with Gasteiger partial charge in [-0.25, -0.2) is 8.57 Å². The first-order valence-corrected chi connectivity index (χ1v) is 9.95. The molecule has 12 heteroatoms. The van der Waals surface area contributed by atoms with E-state index in [4.69, 9.17) is 0 Å². The molecule has 0 aromatic heterocycles. The molecule has 0 unspecified atom stereocenters. The Morgan fingerprint density at radius 2 is 1.46 bits per heavy atom. The van der Waals surface area contributed by atoms with Crippen LogP contribution < -0.4 is 4.74 Å². The standard InChI is InChI=1S/C16H12F6O4S2/c1-27-13-8-6-12(7-9-13)25-15(18,19)14(10-2-4-11(17)5-3-10)26-28(23,24)16(20,21)22/h2-9,14H,1H3/t14-/m1/s1. The maximum absolute atomic E-state index is 14.6. The van der Waals surface area contributed by atoms with Gasteiger partial charge in [-0.3, -0.25) is 0 Å². The van der Waals surface area contributed by atoms with Gasteiger partial charge in [0.05, 0.1) is 0 Å². The number of benzene rings is 2. The Morgan fingerprint density at radius 1 is 0.929 bits per heavy atom. The van der Waals surface area contributed by atoms with E-state index in [9.17, 15) is 34.8 Å². The molecule has 1 atom stereocenters. The average Bonchev–Trinajstić information content (AvgIpc) is 2.60. The topological polar surface area (TPSA) is 52.6 Å². The van der Waals surface area contributed by atoms with E-state index < -0.39 is 45.0 Å². The van der Waals surface area contributed by atoms with Gasteiger partial charge in [0.25, 0.3) is 0 Å². The van der Waals surface area contributed by atoms with Gasteiger partial charge in [-0.1, -0.05) is 12.1 Å². The summed E-state index contributed by atoms with van der Waals surface area (Å²) >= 11 is 1.30. The number of thioether (sulfide) groups is 1. The molecule has 0 heterocycles. The van der Waals surface area contributed by atoms with E-state index in [0.29, 0.717) is 29.2 Å². The van der Waals surface area contributed by atoms with E-state index in [2.05, 4.69) is 8.92 Å². The fourth-order valence-corrected chi connectivity index (χ4v) is 2.97. The van der Waals surface area contributed by atoms with E-state index in [0.717, 1.165) is 12.1 Å². The summed E-state index contributed by atoms with van der Waals surface area (Å²) in [5.74, 6) is -1.32. The summed E-state index contributed by atoms with van der Waals surface area (Å²) in [6.45, 7) is 0. The van der Waals surface area contributed by atoms with E-state index in [-0.39, 0.29) is 0 Å². The van der Waals surface area contributed by atoms with E-state index in [1.165, 1.54) is 23.9 Å². The number of alkyl halides is 5. The van der Waals surface area contributed by atoms with Crippen LogP contribution in [0, 0.1) is 5.82 Å². The second-order valence-corrected chi connectivity index (χ2v) is 7.71. The zero-order chi connectivity index (χ0) is 21.2. The normalized spacial score (nSPS) is 14.0. The summed E-state index contributed by atoms with van der Waals surface area (Å²) < 4.78 is 111. The van der Waals surface area contributed by atoms with E-state index in [1.807, 2.05) is 0 Å². The predicted octanol–water partition coefficient (Wildman–Crippen LogP) is 5.13. The summed E-state index contributed by atoms with van der Waals surface area (Å²) in [5.41, 5.74) is -6.68. The first-order valence-electron chi connectivity index (χ1n) is 7.31. The Hall–Kier alpha value is -1.92. The van der Waals surface area contributed by atoms with Gasteiger partial charge in [0.15, 0.2) is 0 Å². The van der Waals surface area contributed by atoms with Gasteiger partial charge >= 0.3 is 21.7 Å². The highest BCUT2D eigenvalue weighted by molar-refractivity contribution is 7.98. The van der Waals surface area contributed by atoms with Crippen molar-refractivity contribution in [2.45, 2.75) is 22.6 Å². The van der Waals surface area contributed by atoms with Crippen LogP contribution in [0.2, 0.25) is 0 Å². The van der Waals surface area contributed by atoms with Gasteiger partial charge in [-0.2, -0.15) is 30.4 Å². The molecular weight excluding hydrogens is 434 g/mol. The molecular formula is C16H12F6O4S2. The molecule has 0 saturated heterocycles. The van der Waals surface area contributed by atoms with Crippen LogP contribution in [0.25, 0.3) is 0 Å². The lowest BCUT2D eigenvalue weighted by atomic mass is 10.1. The highest BCUT2D eigenvalue weighted by Gasteiger charge is 2.55. The lowest BCUT2D eigenvalue weighted by Gasteiger charge is -2.27. The third-order valence-corrected chi connectivity index (χ3v) is 5.05. The molecule has 2 aromatic carbocycles. The zero-order valence-corrected chi connectivity index (χ0v) is 15.5. The van der Waals surface area contributed by atoms with Gasteiger partial charge in [0, 0.05) is 4.90 Å². The molecule has 154 valence electrons. The summed E-state index contributed by atoms with van der Waals surface area (Å²) in [5, 5.41) is 0. The Labute approximate surface area is 160 Å². The first-order chi connectivity index (χ1) is 12.9. The molecule has 0 bridgehead atoms. The van der Waals surface area contributed by atoms with Crippen LogP contribution in [-0.2, 0) is 14.3 Å². The second-order valence-electron chi connectivity index (χ2n) is 5.27. The van der Waals surface area contributed by atoms with Crippen LogP contribution in [0.3, 0.4) is 0 Å². The molecule has 0 aliphatic carbocycles. The minimum absolute atomic E-state index is 0.442. The van der Waals surface area contributed by atoms with Crippen LogP contribution in [0.15, 0.2) is 53.4 Å². The maximum Gasteiger partial charge on any atom is 0.523 e. The SMILES string of the molecule is CSc1ccc(OC(F)(F)[C@H](OS(=O)(=O)C(F)(F)F)c2ccc(F)cc2)cc1. The minimum atomic E-state index is -6.40. The van der Waals surface area contributed by atoms with Crippen LogP contribution >= 0.6 is 11.8 Å². The molecule has 28 heavy (non-hydrogen) atoms. The minimum Gasteiger partial charge on any atom is -0.430 e. The second kappa shape index (κ2) is 8.21. The Morgan fingerprint density at radius 3 is 1.93 bits per heavy atom. The lowest BCUT2D eigenvalue weighted by Crippen LogP contribution is -2.38. The summed E-state index contributed by atoms with van der Waals surface area (Å²) in [7, 11) is -6.40. The summed E-state index contributed by atoms with van der Waals surface area (Å²) in [6.07, 6.45) is -5.83. The summed E-state index contributed by atoms with van der Waals surface area (Å²) in [6, 6.07) is 7.73. The highest BCUT2D eigenvalue weighted by atomic mass is 32.2. The van der Waals surface area contributed by atoms with Gasteiger partial charge in [-0.15, -0.1) is 11.8 Å². The van der Waals surface area contributed by atoms with Crippen molar-refractivity contribution in [1.82, 2.24) is 0 Å². The fraction of sp³-hybridized carbons (Fsp3) is 0.250. The quantitative estimate of drug-likeness (QED) is 0.256. The molecule has 2 rings (SSSR count). The van der Waals surface area contributed by atoms with Gasteiger partial charge < -0.3 is 4.74 Å².